The van der Waals surface area contributed by atoms with Gasteiger partial charge in [0.1, 0.15) is 0 Å². The lowest BCUT2D eigenvalue weighted by molar-refractivity contribution is -0.143. The Kier molecular flexibility index (Phi) is 7.35. The summed E-state index contributed by atoms with van der Waals surface area (Å²) in [6.07, 6.45) is 4.96. The van der Waals surface area contributed by atoms with Crippen molar-refractivity contribution < 1.29 is 19.1 Å². The third-order valence-corrected chi connectivity index (χ3v) is 7.31. The van der Waals surface area contributed by atoms with E-state index in [-0.39, 0.29) is 31.1 Å². The molecule has 1 aliphatic carbocycles. The van der Waals surface area contributed by atoms with Gasteiger partial charge in [-0.3, -0.25) is 9.59 Å². The van der Waals surface area contributed by atoms with Gasteiger partial charge in [-0.15, -0.1) is 11.3 Å². The first-order valence-corrected chi connectivity index (χ1v) is 12.4. The Morgan fingerprint density at radius 1 is 1.06 bits per heavy atom. The van der Waals surface area contributed by atoms with Crippen LogP contribution in [0.4, 0.5) is 0 Å². The molecule has 0 saturated heterocycles. The van der Waals surface area contributed by atoms with Crippen LogP contribution in [0.3, 0.4) is 0 Å². The Bertz CT molecular complexity index is 951. The van der Waals surface area contributed by atoms with Crippen LogP contribution in [-0.2, 0) is 22.7 Å². The van der Waals surface area contributed by atoms with Crippen LogP contribution >= 0.6 is 11.3 Å². The van der Waals surface area contributed by atoms with Gasteiger partial charge >= 0.3 is 0 Å². The number of hydrogen-bond acceptors (Lipinski definition) is 5. The molecule has 2 aliphatic rings. The Morgan fingerprint density at radius 3 is 2.56 bits per heavy atom. The number of ether oxygens (including phenoxy) is 2. The molecule has 0 spiro atoms. The monoisotopic (exact) mass is 456 g/mol. The van der Waals surface area contributed by atoms with Crippen molar-refractivity contribution in [2.45, 2.75) is 59.0 Å². The number of carbonyl (C=O) groups is 2. The molecule has 2 heterocycles. The second kappa shape index (κ2) is 10.4. The number of thiophene rings is 1. The van der Waals surface area contributed by atoms with Gasteiger partial charge < -0.3 is 19.3 Å². The van der Waals surface area contributed by atoms with Crippen molar-refractivity contribution in [2.24, 2.45) is 5.92 Å². The summed E-state index contributed by atoms with van der Waals surface area (Å²) >= 11 is 1.66. The first-order chi connectivity index (χ1) is 15.5. The van der Waals surface area contributed by atoms with Crippen LogP contribution < -0.4 is 9.47 Å². The quantitative estimate of drug-likeness (QED) is 0.547. The number of benzene rings is 1. The minimum atomic E-state index is -0.0183. The lowest BCUT2D eigenvalue weighted by Crippen LogP contribution is -2.44. The molecule has 1 fully saturated rings. The molecule has 7 heteroatoms. The summed E-state index contributed by atoms with van der Waals surface area (Å²) < 4.78 is 10.9. The van der Waals surface area contributed by atoms with Crippen LogP contribution in [-0.4, -0.2) is 41.5 Å². The first-order valence-electron chi connectivity index (χ1n) is 11.5. The van der Waals surface area contributed by atoms with Crippen molar-refractivity contribution in [1.82, 2.24) is 9.80 Å². The van der Waals surface area contributed by atoms with E-state index in [2.05, 4.69) is 25.3 Å². The normalized spacial score (nSPS) is 15.2. The lowest BCUT2D eigenvalue weighted by atomic mass is 10.1. The van der Waals surface area contributed by atoms with Crippen molar-refractivity contribution in [3.63, 3.8) is 0 Å². The molecule has 0 radical (unpaired) electrons. The SMILES string of the molecule is CCCN(CC(=O)N(Cc1ccc2c(c1)OCO2)Cc1sccc1C)C(=O)C1CCCC1. The van der Waals surface area contributed by atoms with E-state index in [1.807, 2.05) is 23.1 Å². The van der Waals surface area contributed by atoms with Crippen LogP contribution in [0, 0.1) is 12.8 Å². The van der Waals surface area contributed by atoms with Crippen molar-refractivity contribution in [1.29, 1.82) is 0 Å². The highest BCUT2D eigenvalue weighted by atomic mass is 32.1. The van der Waals surface area contributed by atoms with Crippen LogP contribution in [0.2, 0.25) is 0 Å². The summed E-state index contributed by atoms with van der Waals surface area (Å²) in [5.41, 5.74) is 2.17. The van der Waals surface area contributed by atoms with Gasteiger partial charge in [0.25, 0.3) is 0 Å². The average Bonchev–Trinajstić information content (AvgIpc) is 3.55. The number of hydrogen-bond donors (Lipinski definition) is 0. The highest BCUT2D eigenvalue weighted by molar-refractivity contribution is 7.10. The number of amides is 2. The molecule has 1 aromatic carbocycles. The highest BCUT2D eigenvalue weighted by Crippen LogP contribution is 2.33. The third kappa shape index (κ3) is 5.26. The number of carbonyl (C=O) groups excluding carboxylic acids is 2. The van der Waals surface area contributed by atoms with Crippen LogP contribution in [0.25, 0.3) is 0 Å². The fourth-order valence-corrected chi connectivity index (χ4v) is 5.38. The van der Waals surface area contributed by atoms with Crippen molar-refractivity contribution in [3.8, 4) is 11.5 Å². The summed E-state index contributed by atoms with van der Waals surface area (Å²) in [6, 6.07) is 7.89. The van der Waals surface area contributed by atoms with E-state index < -0.39 is 0 Å². The number of aryl methyl sites for hydroxylation is 1. The van der Waals surface area contributed by atoms with E-state index in [4.69, 9.17) is 9.47 Å². The Labute approximate surface area is 194 Å². The van der Waals surface area contributed by atoms with Crippen LogP contribution in [0.1, 0.15) is 55.0 Å². The van der Waals surface area contributed by atoms with Gasteiger partial charge in [-0.25, -0.2) is 0 Å². The van der Waals surface area contributed by atoms with Gasteiger partial charge in [0.15, 0.2) is 11.5 Å². The standard InChI is InChI=1S/C25H32N2O4S/c1-3-11-26(25(29)20-6-4-5-7-20)16-24(28)27(15-23-18(2)10-12-32-23)14-19-8-9-21-22(13-19)31-17-30-21/h8-10,12-13,20H,3-7,11,14-17H2,1-2H3. The highest BCUT2D eigenvalue weighted by Gasteiger charge is 2.29. The fourth-order valence-electron chi connectivity index (χ4n) is 4.46. The minimum Gasteiger partial charge on any atom is -0.454 e. The van der Waals surface area contributed by atoms with Crippen molar-refractivity contribution in [3.05, 3.63) is 45.6 Å². The summed E-state index contributed by atoms with van der Waals surface area (Å²) in [7, 11) is 0. The zero-order valence-corrected chi connectivity index (χ0v) is 19.8. The maximum Gasteiger partial charge on any atom is 0.242 e. The largest absolute Gasteiger partial charge is 0.454 e. The molecule has 6 nitrogen and oxygen atoms in total. The molecule has 172 valence electrons. The summed E-state index contributed by atoms with van der Waals surface area (Å²) in [6.45, 7) is 6.11. The second-order valence-electron chi connectivity index (χ2n) is 8.71. The van der Waals surface area contributed by atoms with E-state index in [0.717, 1.165) is 43.4 Å². The molecule has 0 atom stereocenters. The minimum absolute atomic E-state index is 0.0183. The molecular weight excluding hydrogens is 424 g/mol. The Balaban J connectivity index is 1.51. The van der Waals surface area contributed by atoms with Gasteiger partial charge in [0.05, 0.1) is 13.1 Å². The van der Waals surface area contributed by atoms with E-state index >= 15 is 0 Å². The zero-order valence-electron chi connectivity index (χ0n) is 19.0. The van der Waals surface area contributed by atoms with E-state index in [1.54, 1.807) is 16.2 Å². The van der Waals surface area contributed by atoms with Crippen LogP contribution in [0.5, 0.6) is 11.5 Å². The molecular formula is C25H32N2O4S. The van der Waals surface area contributed by atoms with Gasteiger partial charge in [0, 0.05) is 23.9 Å². The molecule has 2 aromatic rings. The van der Waals surface area contributed by atoms with Crippen molar-refractivity contribution in [2.75, 3.05) is 19.9 Å². The number of nitrogens with zero attached hydrogens (tertiary/aromatic N) is 2. The first kappa shape index (κ1) is 22.6. The van der Waals surface area contributed by atoms with Crippen LogP contribution in [0.15, 0.2) is 29.6 Å². The molecule has 32 heavy (non-hydrogen) atoms. The zero-order chi connectivity index (χ0) is 22.5. The van der Waals surface area contributed by atoms with Gasteiger partial charge in [-0.1, -0.05) is 25.8 Å². The fraction of sp³-hybridized carbons (Fsp3) is 0.520. The molecule has 1 aliphatic heterocycles. The van der Waals surface area contributed by atoms with Gasteiger partial charge in [-0.05, 0) is 60.9 Å². The molecule has 0 bridgehead atoms. The second-order valence-corrected chi connectivity index (χ2v) is 9.71. The third-order valence-electron chi connectivity index (χ3n) is 6.30. The average molecular weight is 457 g/mol. The summed E-state index contributed by atoms with van der Waals surface area (Å²) in [5.74, 6) is 1.66. The van der Waals surface area contributed by atoms with E-state index in [0.29, 0.717) is 25.4 Å². The molecule has 2 amide bonds. The number of fused-ring (bicyclic) bond motifs is 1. The molecule has 4 rings (SSSR count). The number of rotatable bonds is 9. The van der Waals surface area contributed by atoms with Crippen molar-refractivity contribution >= 4 is 23.2 Å². The van der Waals surface area contributed by atoms with Gasteiger partial charge in [0.2, 0.25) is 18.6 Å². The smallest absolute Gasteiger partial charge is 0.242 e. The van der Waals surface area contributed by atoms with E-state index in [9.17, 15) is 9.59 Å². The lowest BCUT2D eigenvalue weighted by Gasteiger charge is -2.29. The molecule has 1 aromatic heterocycles. The molecule has 0 unspecified atom stereocenters. The summed E-state index contributed by atoms with van der Waals surface area (Å²) in [4.78, 5) is 31.4. The molecule has 0 N–H and O–H groups in total. The summed E-state index contributed by atoms with van der Waals surface area (Å²) in [5, 5.41) is 2.06. The predicted molar refractivity (Wildman–Crippen MR) is 125 cm³/mol. The van der Waals surface area contributed by atoms with E-state index in [1.165, 1.54) is 10.4 Å². The topological polar surface area (TPSA) is 59.1 Å². The predicted octanol–water partition coefficient (Wildman–Crippen LogP) is 4.74. The Hall–Kier alpha value is -2.54. The maximum atomic E-state index is 13.5. The Morgan fingerprint density at radius 2 is 1.84 bits per heavy atom. The maximum absolute atomic E-state index is 13.5. The molecule has 1 saturated carbocycles. The van der Waals surface area contributed by atoms with Gasteiger partial charge in [-0.2, -0.15) is 0 Å².